The molecule has 0 saturated carbocycles. The lowest BCUT2D eigenvalue weighted by Crippen LogP contribution is -2.50. The van der Waals surface area contributed by atoms with Gasteiger partial charge in [0.2, 0.25) is 11.8 Å². The molecule has 1 N–H and O–H groups in total. The number of anilines is 1. The van der Waals surface area contributed by atoms with E-state index in [2.05, 4.69) is 11.4 Å². The molecule has 0 unspecified atom stereocenters. The largest absolute Gasteiger partial charge is 0.346 e. The number of benzene rings is 2. The van der Waals surface area contributed by atoms with E-state index in [1.54, 1.807) is 11.0 Å². The Kier molecular flexibility index (Phi) is 7.35. The van der Waals surface area contributed by atoms with Gasteiger partial charge in [0.05, 0.1) is 19.0 Å². The molecule has 2 heterocycles. The third-order valence-corrected chi connectivity index (χ3v) is 5.87. The summed E-state index contributed by atoms with van der Waals surface area (Å²) in [6, 6.07) is 15.8. The zero-order chi connectivity index (χ0) is 23.9. The molecule has 8 heteroatoms. The third-order valence-electron chi connectivity index (χ3n) is 5.87. The number of carbonyl (C=O) groups excluding carboxylic acids is 2. The predicted molar refractivity (Wildman–Crippen MR) is 129 cm³/mol. The standard InChI is InChI=1S/C26H26FN5O2/c27-21-7-9-22(10-8-21)29-25(33)19-30-14-16-31(17-15-30)26(34)11-6-20-18-32(13-3-12-28)24-5-2-1-4-23(20)24/h1-2,4-11,18H,3,13-17,19H2,(H,29,33). The topological polar surface area (TPSA) is 81.4 Å². The van der Waals surface area contributed by atoms with Crippen LogP contribution in [0.25, 0.3) is 17.0 Å². The molecule has 0 spiro atoms. The van der Waals surface area contributed by atoms with Gasteiger partial charge in [-0.1, -0.05) is 18.2 Å². The predicted octanol–water partition coefficient (Wildman–Crippen LogP) is 3.49. The molecule has 1 aliphatic rings. The molecule has 0 aliphatic carbocycles. The fourth-order valence-electron chi connectivity index (χ4n) is 4.09. The number of piperazine rings is 1. The van der Waals surface area contributed by atoms with Crippen LogP contribution < -0.4 is 5.32 Å². The van der Waals surface area contributed by atoms with Crippen LogP contribution in [0, 0.1) is 17.1 Å². The van der Waals surface area contributed by atoms with E-state index in [9.17, 15) is 14.0 Å². The van der Waals surface area contributed by atoms with Crippen molar-refractivity contribution in [2.75, 3.05) is 38.0 Å². The first-order valence-corrected chi connectivity index (χ1v) is 11.2. The first-order valence-electron chi connectivity index (χ1n) is 11.2. The van der Waals surface area contributed by atoms with Gasteiger partial charge < -0.3 is 14.8 Å². The maximum Gasteiger partial charge on any atom is 0.246 e. The van der Waals surface area contributed by atoms with E-state index in [0.717, 1.165) is 16.5 Å². The highest BCUT2D eigenvalue weighted by atomic mass is 19.1. The minimum absolute atomic E-state index is 0.0655. The molecule has 4 rings (SSSR count). The number of para-hydroxylation sites is 1. The average molecular weight is 460 g/mol. The van der Waals surface area contributed by atoms with Crippen LogP contribution in [0.5, 0.6) is 0 Å². The minimum Gasteiger partial charge on any atom is -0.346 e. The fourth-order valence-corrected chi connectivity index (χ4v) is 4.09. The summed E-state index contributed by atoms with van der Waals surface area (Å²) in [6.45, 7) is 3.11. The zero-order valence-electron chi connectivity index (χ0n) is 18.8. The molecule has 1 saturated heterocycles. The van der Waals surface area contributed by atoms with E-state index in [1.165, 1.54) is 24.3 Å². The molecule has 1 aromatic heterocycles. The number of nitrogens with one attached hydrogen (secondary N) is 1. The Hall–Kier alpha value is -3.96. The average Bonchev–Trinajstić information content (AvgIpc) is 3.21. The first-order chi connectivity index (χ1) is 16.5. The van der Waals surface area contributed by atoms with Crippen molar-refractivity contribution in [2.45, 2.75) is 13.0 Å². The number of hydrogen-bond acceptors (Lipinski definition) is 4. The number of fused-ring (bicyclic) bond motifs is 1. The van der Waals surface area contributed by atoms with Crippen molar-refractivity contribution in [2.24, 2.45) is 0 Å². The van der Waals surface area contributed by atoms with Gasteiger partial charge in [-0.25, -0.2) is 4.39 Å². The van der Waals surface area contributed by atoms with E-state index in [4.69, 9.17) is 5.26 Å². The smallest absolute Gasteiger partial charge is 0.246 e. The maximum absolute atomic E-state index is 13.0. The number of nitrogens with zero attached hydrogens (tertiary/aromatic N) is 4. The number of hydrogen-bond donors (Lipinski definition) is 1. The highest BCUT2D eigenvalue weighted by Crippen LogP contribution is 2.23. The van der Waals surface area contributed by atoms with Crippen molar-refractivity contribution in [3.63, 3.8) is 0 Å². The Morgan fingerprint density at radius 2 is 1.79 bits per heavy atom. The van der Waals surface area contributed by atoms with Crippen LogP contribution in [0.4, 0.5) is 10.1 Å². The number of amides is 2. The van der Waals surface area contributed by atoms with E-state index in [1.807, 2.05) is 46.0 Å². The zero-order valence-corrected chi connectivity index (χ0v) is 18.8. The Labute approximate surface area is 197 Å². The SMILES string of the molecule is N#CCCn1cc(C=CC(=O)N2CCN(CC(=O)Nc3ccc(F)cc3)CC2)c2ccccc21. The fraction of sp³-hybridized carbons (Fsp3) is 0.269. The Bertz CT molecular complexity index is 1230. The third kappa shape index (κ3) is 5.69. The molecule has 3 aromatic rings. The molecule has 1 fully saturated rings. The minimum atomic E-state index is -0.349. The van der Waals surface area contributed by atoms with E-state index >= 15 is 0 Å². The molecule has 0 radical (unpaired) electrons. The Balaban J connectivity index is 1.30. The van der Waals surface area contributed by atoms with Crippen molar-refractivity contribution in [1.82, 2.24) is 14.4 Å². The molecule has 34 heavy (non-hydrogen) atoms. The van der Waals surface area contributed by atoms with Gasteiger partial charge in [-0.15, -0.1) is 0 Å². The molecule has 2 aromatic carbocycles. The van der Waals surface area contributed by atoms with Gasteiger partial charge in [0.1, 0.15) is 5.82 Å². The van der Waals surface area contributed by atoms with Gasteiger partial charge in [-0.05, 0) is 36.4 Å². The number of rotatable bonds is 7. The van der Waals surface area contributed by atoms with Crippen LogP contribution >= 0.6 is 0 Å². The molecular weight excluding hydrogens is 433 g/mol. The van der Waals surface area contributed by atoms with Gasteiger partial charge in [0.25, 0.3) is 0 Å². The lowest BCUT2D eigenvalue weighted by molar-refractivity contribution is -0.127. The Morgan fingerprint density at radius 1 is 1.06 bits per heavy atom. The number of aromatic nitrogens is 1. The molecular formula is C26H26FN5O2. The van der Waals surface area contributed by atoms with Crippen LogP contribution in [-0.2, 0) is 16.1 Å². The molecule has 7 nitrogen and oxygen atoms in total. The van der Waals surface area contributed by atoms with Crippen molar-refractivity contribution < 1.29 is 14.0 Å². The quantitative estimate of drug-likeness (QED) is 0.549. The summed E-state index contributed by atoms with van der Waals surface area (Å²) in [5, 5.41) is 12.7. The summed E-state index contributed by atoms with van der Waals surface area (Å²) in [4.78, 5) is 28.8. The normalized spacial score (nSPS) is 14.4. The first kappa shape index (κ1) is 23.2. The highest BCUT2D eigenvalue weighted by Gasteiger charge is 2.21. The van der Waals surface area contributed by atoms with Crippen molar-refractivity contribution in [1.29, 1.82) is 5.26 Å². The summed E-state index contributed by atoms with van der Waals surface area (Å²) >= 11 is 0. The van der Waals surface area contributed by atoms with Crippen LogP contribution in [0.2, 0.25) is 0 Å². The monoisotopic (exact) mass is 459 g/mol. The van der Waals surface area contributed by atoms with Crippen LogP contribution in [-0.4, -0.2) is 58.9 Å². The van der Waals surface area contributed by atoms with Crippen LogP contribution in [0.3, 0.4) is 0 Å². The number of carbonyl (C=O) groups is 2. The second kappa shape index (κ2) is 10.8. The van der Waals surface area contributed by atoms with Gasteiger partial charge in [0, 0.05) is 67.2 Å². The highest BCUT2D eigenvalue weighted by molar-refractivity contribution is 5.96. The van der Waals surface area contributed by atoms with Gasteiger partial charge in [0.15, 0.2) is 0 Å². The molecule has 174 valence electrons. The van der Waals surface area contributed by atoms with Crippen molar-refractivity contribution in [3.8, 4) is 6.07 Å². The summed E-state index contributed by atoms with van der Waals surface area (Å²) in [7, 11) is 0. The van der Waals surface area contributed by atoms with Gasteiger partial charge in [-0.2, -0.15) is 5.26 Å². The summed E-state index contributed by atoms with van der Waals surface area (Å²) < 4.78 is 15.0. The van der Waals surface area contributed by atoms with Crippen LogP contribution in [0.1, 0.15) is 12.0 Å². The van der Waals surface area contributed by atoms with Gasteiger partial charge >= 0.3 is 0 Å². The second-order valence-electron chi connectivity index (χ2n) is 8.19. The molecule has 0 atom stereocenters. The van der Waals surface area contributed by atoms with E-state index in [0.29, 0.717) is 44.8 Å². The number of aryl methyl sites for hydroxylation is 1. The van der Waals surface area contributed by atoms with Crippen LogP contribution in [0.15, 0.2) is 60.8 Å². The summed E-state index contributed by atoms with van der Waals surface area (Å²) in [5.41, 5.74) is 2.54. The molecule has 1 aliphatic heterocycles. The number of nitriles is 1. The second-order valence-corrected chi connectivity index (χ2v) is 8.19. The van der Waals surface area contributed by atoms with E-state index in [-0.39, 0.29) is 24.2 Å². The maximum atomic E-state index is 13.0. The molecule has 2 amide bonds. The van der Waals surface area contributed by atoms with Gasteiger partial charge in [-0.3, -0.25) is 14.5 Å². The lowest BCUT2D eigenvalue weighted by Gasteiger charge is -2.33. The summed E-state index contributed by atoms with van der Waals surface area (Å²) in [5.74, 6) is -0.582. The van der Waals surface area contributed by atoms with E-state index < -0.39 is 0 Å². The lowest BCUT2D eigenvalue weighted by atomic mass is 10.1. The Morgan fingerprint density at radius 3 is 2.53 bits per heavy atom. The number of halogens is 1. The summed E-state index contributed by atoms with van der Waals surface area (Å²) in [6.07, 6.45) is 5.82. The van der Waals surface area contributed by atoms with Crippen molar-refractivity contribution >= 4 is 34.5 Å². The van der Waals surface area contributed by atoms with Crippen molar-refractivity contribution in [3.05, 3.63) is 72.2 Å². The molecule has 0 bridgehead atoms.